The molecule has 0 amide bonds. The van der Waals surface area contributed by atoms with Crippen LogP contribution in [0.25, 0.3) is 0 Å². The van der Waals surface area contributed by atoms with E-state index >= 15 is 0 Å². The van der Waals surface area contributed by atoms with Gasteiger partial charge in [0.05, 0.1) is 11.0 Å². The van der Waals surface area contributed by atoms with Crippen molar-refractivity contribution in [3.05, 3.63) is 65.7 Å². The number of rotatable bonds is 9. The molecule has 1 atom stereocenters. The molecular formula is C24H35N3O3S. The van der Waals surface area contributed by atoms with Gasteiger partial charge in [0.1, 0.15) is 0 Å². The zero-order chi connectivity index (χ0) is 22.4. The Kier molecular flexibility index (Phi) is 8.24. The van der Waals surface area contributed by atoms with E-state index in [1.54, 1.807) is 16.4 Å². The van der Waals surface area contributed by atoms with Gasteiger partial charge in [-0.3, -0.25) is 9.80 Å². The van der Waals surface area contributed by atoms with Crippen molar-refractivity contribution in [1.82, 2.24) is 14.1 Å². The molecule has 1 fully saturated rings. The summed E-state index contributed by atoms with van der Waals surface area (Å²) in [7, 11) is -1.47. The molecule has 1 unspecified atom stereocenters. The number of piperazine rings is 1. The summed E-state index contributed by atoms with van der Waals surface area (Å²) < 4.78 is 27.5. The Morgan fingerprint density at radius 1 is 0.968 bits per heavy atom. The smallest absolute Gasteiger partial charge is 0.243 e. The third-order valence-electron chi connectivity index (χ3n) is 5.80. The summed E-state index contributed by atoms with van der Waals surface area (Å²) in [5.74, 6) is 0.374. The summed E-state index contributed by atoms with van der Waals surface area (Å²) in [6.07, 6.45) is -0.472. The van der Waals surface area contributed by atoms with E-state index in [0.29, 0.717) is 50.1 Å². The molecule has 0 spiro atoms. The fraction of sp³-hybridized carbons (Fsp3) is 0.500. The van der Waals surface area contributed by atoms with Crippen molar-refractivity contribution in [3.63, 3.8) is 0 Å². The van der Waals surface area contributed by atoms with Crippen molar-refractivity contribution in [2.24, 2.45) is 0 Å². The molecule has 0 radical (unpaired) electrons. The highest BCUT2D eigenvalue weighted by Crippen LogP contribution is 2.21. The lowest BCUT2D eigenvalue weighted by molar-refractivity contribution is 0.0669. The molecule has 7 heteroatoms. The van der Waals surface area contributed by atoms with Gasteiger partial charge in [0, 0.05) is 45.8 Å². The van der Waals surface area contributed by atoms with Gasteiger partial charge < -0.3 is 5.11 Å². The minimum absolute atomic E-state index is 0.355. The quantitative estimate of drug-likeness (QED) is 0.643. The van der Waals surface area contributed by atoms with E-state index < -0.39 is 16.1 Å². The summed E-state index contributed by atoms with van der Waals surface area (Å²) in [6, 6.07) is 17.4. The first kappa shape index (κ1) is 23.9. The summed E-state index contributed by atoms with van der Waals surface area (Å²) >= 11 is 0. The number of hydrogen-bond donors (Lipinski definition) is 1. The molecule has 1 saturated heterocycles. The zero-order valence-corrected chi connectivity index (χ0v) is 19.6. The molecule has 6 nitrogen and oxygen atoms in total. The molecule has 1 heterocycles. The lowest BCUT2D eigenvalue weighted by Crippen LogP contribution is -2.51. The van der Waals surface area contributed by atoms with E-state index in [1.165, 1.54) is 5.56 Å². The number of benzene rings is 2. The van der Waals surface area contributed by atoms with Gasteiger partial charge in [-0.15, -0.1) is 0 Å². The molecule has 1 N–H and O–H groups in total. The highest BCUT2D eigenvalue weighted by atomic mass is 32.2. The van der Waals surface area contributed by atoms with Gasteiger partial charge >= 0.3 is 0 Å². The minimum Gasteiger partial charge on any atom is -0.390 e. The van der Waals surface area contributed by atoms with E-state index in [4.69, 9.17) is 0 Å². The second-order valence-corrected chi connectivity index (χ2v) is 10.7. The van der Waals surface area contributed by atoms with Crippen molar-refractivity contribution in [3.8, 4) is 0 Å². The molecule has 0 saturated carbocycles. The maximum absolute atomic E-state index is 13.0. The van der Waals surface area contributed by atoms with Gasteiger partial charge in [-0.25, -0.2) is 8.42 Å². The number of aliphatic hydroxyl groups is 1. The van der Waals surface area contributed by atoms with E-state index in [9.17, 15) is 13.5 Å². The van der Waals surface area contributed by atoms with Gasteiger partial charge in [0.15, 0.2) is 0 Å². The molecule has 3 rings (SSSR count). The monoisotopic (exact) mass is 445 g/mol. The fourth-order valence-electron chi connectivity index (χ4n) is 4.00. The predicted molar refractivity (Wildman–Crippen MR) is 125 cm³/mol. The van der Waals surface area contributed by atoms with Crippen LogP contribution in [-0.4, -0.2) is 80.0 Å². The average molecular weight is 446 g/mol. The third kappa shape index (κ3) is 6.60. The second-order valence-electron chi connectivity index (χ2n) is 8.76. The highest BCUT2D eigenvalue weighted by Gasteiger charge is 2.29. The SMILES string of the molecule is CC(C)c1ccc(S(=O)(=O)N2CCN(CC(O)CN(C)Cc3ccccc3)CC2)cc1. The first-order chi connectivity index (χ1) is 14.8. The van der Waals surface area contributed by atoms with E-state index in [1.807, 2.05) is 37.4 Å². The van der Waals surface area contributed by atoms with Crippen LogP contribution in [0, 0.1) is 0 Å². The van der Waals surface area contributed by atoms with Gasteiger partial charge in [-0.1, -0.05) is 56.3 Å². The molecule has 1 aliphatic rings. The number of hydrogen-bond acceptors (Lipinski definition) is 5. The zero-order valence-electron chi connectivity index (χ0n) is 18.8. The van der Waals surface area contributed by atoms with Crippen LogP contribution in [0.5, 0.6) is 0 Å². The minimum atomic E-state index is -3.47. The van der Waals surface area contributed by atoms with E-state index in [-0.39, 0.29) is 0 Å². The molecule has 170 valence electrons. The normalized spacial score (nSPS) is 17.4. The lowest BCUT2D eigenvalue weighted by atomic mass is 10.0. The molecule has 2 aromatic rings. The second kappa shape index (κ2) is 10.7. The molecule has 0 aromatic heterocycles. The number of nitrogens with zero attached hydrogens (tertiary/aromatic N) is 3. The molecule has 1 aliphatic heterocycles. The Labute approximate surface area is 187 Å². The Morgan fingerprint density at radius 2 is 1.58 bits per heavy atom. The molecule has 0 bridgehead atoms. The largest absolute Gasteiger partial charge is 0.390 e. The third-order valence-corrected chi connectivity index (χ3v) is 7.72. The van der Waals surface area contributed by atoms with Crippen molar-refractivity contribution in [1.29, 1.82) is 0 Å². The highest BCUT2D eigenvalue weighted by molar-refractivity contribution is 7.89. The van der Waals surface area contributed by atoms with Crippen LogP contribution in [0.3, 0.4) is 0 Å². The van der Waals surface area contributed by atoms with Gasteiger partial charge in [-0.05, 0) is 36.2 Å². The molecular weight excluding hydrogens is 410 g/mol. The van der Waals surface area contributed by atoms with Crippen LogP contribution in [0.2, 0.25) is 0 Å². The summed E-state index contributed by atoms with van der Waals surface area (Å²) in [5.41, 5.74) is 2.35. The van der Waals surface area contributed by atoms with Crippen LogP contribution in [-0.2, 0) is 16.6 Å². The Morgan fingerprint density at radius 3 is 2.16 bits per heavy atom. The van der Waals surface area contributed by atoms with Crippen molar-refractivity contribution in [2.45, 2.75) is 37.3 Å². The number of sulfonamides is 1. The summed E-state index contributed by atoms with van der Waals surface area (Å²) in [5, 5.41) is 10.5. The van der Waals surface area contributed by atoms with Crippen molar-refractivity contribution >= 4 is 10.0 Å². The van der Waals surface area contributed by atoms with Gasteiger partial charge in [0.25, 0.3) is 0 Å². The van der Waals surface area contributed by atoms with Crippen LogP contribution in [0.4, 0.5) is 0 Å². The summed E-state index contributed by atoms with van der Waals surface area (Å²) in [4.78, 5) is 4.61. The van der Waals surface area contributed by atoms with Gasteiger partial charge in [-0.2, -0.15) is 4.31 Å². The fourth-order valence-corrected chi connectivity index (χ4v) is 5.42. The summed E-state index contributed by atoms with van der Waals surface area (Å²) in [6.45, 7) is 8.26. The molecule has 31 heavy (non-hydrogen) atoms. The van der Waals surface area contributed by atoms with Crippen LogP contribution >= 0.6 is 0 Å². The molecule has 0 aliphatic carbocycles. The van der Waals surface area contributed by atoms with Crippen molar-refractivity contribution in [2.75, 3.05) is 46.3 Å². The maximum Gasteiger partial charge on any atom is 0.243 e. The standard InChI is InChI=1S/C24H35N3O3S/c1-20(2)22-9-11-24(12-10-22)31(29,30)27-15-13-26(14-16-27)19-23(28)18-25(3)17-21-7-5-4-6-8-21/h4-12,20,23,28H,13-19H2,1-3H3. The van der Waals surface area contributed by atoms with Crippen LogP contribution in [0.15, 0.2) is 59.5 Å². The Bertz CT molecular complexity index is 909. The number of β-amino-alcohol motifs (C(OH)–C–C–N with tert-alkyl or cyclic N) is 1. The molecule has 2 aromatic carbocycles. The Hall–Kier alpha value is -1.77. The number of likely N-dealkylation sites (N-methyl/N-ethyl adjacent to an activating group) is 1. The Balaban J connectivity index is 1.47. The first-order valence-corrected chi connectivity index (χ1v) is 12.4. The van der Waals surface area contributed by atoms with E-state index in [0.717, 1.165) is 12.1 Å². The lowest BCUT2D eigenvalue weighted by Gasteiger charge is -2.35. The maximum atomic E-state index is 13.0. The topological polar surface area (TPSA) is 64.1 Å². The van der Waals surface area contributed by atoms with Crippen molar-refractivity contribution < 1.29 is 13.5 Å². The van der Waals surface area contributed by atoms with Gasteiger partial charge in [0.2, 0.25) is 10.0 Å². The number of aliphatic hydroxyl groups excluding tert-OH is 1. The van der Waals surface area contributed by atoms with Crippen LogP contribution < -0.4 is 0 Å². The van der Waals surface area contributed by atoms with Crippen LogP contribution in [0.1, 0.15) is 30.9 Å². The average Bonchev–Trinajstić information content (AvgIpc) is 2.74. The van der Waals surface area contributed by atoms with E-state index in [2.05, 4.69) is 35.8 Å². The predicted octanol–water partition coefficient (Wildman–Crippen LogP) is 2.61. The first-order valence-electron chi connectivity index (χ1n) is 11.0.